The standard InChI is InChI=1S/C26H37N3O.C26H40N2O3S.C26H40N2O2.C25H38N2O/c1-17(15-29-16-18(13-27)14-28-29)23-6-7-24-22-5-4-19-12-25(2,30)10-8-20(19)21(22)9-11-26(23,24)3;1-17(15-28-16-19(14-27-28)32(4,30)31)23-7-8-24-22-6-5-18-13-25(2,29)11-9-20(18)21(22)10-12-26(23,24)3;1-18(16-28-14-4-13-27-28)23-7-8-24-22-6-5-19-15-26(29,17-30-3)12-10-20(19)21(22)9-11-25(23,24)2;1-17(16-27-14-4-13-26-27)22-7-8-23-21-6-5-18-15-24(2,28)11-9-19(18)20(21)10-12-25(22,23)3/h14,16,19-24,30H,1,4-12,15H2,2-3H3;14,16,18,20-24,29H,1,5-13,15H2,2-4H3;4,13-14,19-24,29H,1,5-12,15-17H2,2-3H3;4,13-14,18-23,28H,1,5-12,15-16H2,2-3H3/t19-,20-,21+,22+,23+,24-,25+,26+;18-,20-,21+,22+,23+,24-,25+,26+;19-,20-,21+,22+,23+,24-,25+,26+;18-,19-,20+,21+,22+,23-,24+,25+/m0000/s1. The van der Waals surface area contributed by atoms with E-state index in [4.69, 9.17) is 10.00 Å². The number of methoxy groups -OCH3 is 1. The summed E-state index contributed by atoms with van der Waals surface area (Å²) in [6, 6.07) is 6.19. The number of nitrogens with zero attached hydrogens (tertiary/aromatic N) is 9. The van der Waals surface area contributed by atoms with Crippen molar-refractivity contribution in [3.63, 3.8) is 0 Å². The van der Waals surface area contributed by atoms with Gasteiger partial charge in [-0.3, -0.25) is 18.7 Å². The fourth-order valence-corrected chi connectivity index (χ4v) is 35.0. The Morgan fingerprint density at radius 2 is 0.725 bits per heavy atom. The van der Waals surface area contributed by atoms with E-state index in [0.717, 1.165) is 183 Å². The summed E-state index contributed by atoms with van der Waals surface area (Å²) in [6.07, 6.45) is 60.6. The van der Waals surface area contributed by atoms with Gasteiger partial charge < -0.3 is 25.2 Å². The van der Waals surface area contributed by atoms with Gasteiger partial charge >= 0.3 is 0 Å². The maximum Gasteiger partial charge on any atom is 0.178 e. The van der Waals surface area contributed by atoms with Gasteiger partial charge in [-0.25, -0.2) is 8.42 Å². The van der Waals surface area contributed by atoms with Gasteiger partial charge in [-0.2, -0.15) is 25.7 Å². The zero-order valence-corrected chi connectivity index (χ0v) is 76.2. The van der Waals surface area contributed by atoms with Gasteiger partial charge in [0.05, 0.1) is 73.1 Å². The highest BCUT2D eigenvalue weighted by Gasteiger charge is 2.63. The average molecular weight is 1660 g/mol. The summed E-state index contributed by atoms with van der Waals surface area (Å²) in [5.41, 5.74) is 5.61. The molecule has 32 atom stereocenters. The Morgan fingerprint density at radius 3 is 1.03 bits per heavy atom. The lowest BCUT2D eigenvalue weighted by molar-refractivity contribution is -0.123. The third-order valence-electron chi connectivity index (χ3n) is 39.6. The molecule has 0 aliphatic heterocycles. The van der Waals surface area contributed by atoms with E-state index < -0.39 is 32.2 Å². The topological polar surface area (TPSA) is 219 Å². The van der Waals surface area contributed by atoms with Crippen LogP contribution in [-0.4, -0.2) is 110 Å². The second-order valence-corrected chi connectivity index (χ2v) is 48.3. The van der Waals surface area contributed by atoms with Crippen molar-refractivity contribution in [3.8, 4) is 6.07 Å². The number of sulfone groups is 1. The van der Waals surface area contributed by atoms with Crippen LogP contribution in [0.1, 0.15) is 285 Å². The Bertz CT molecular complexity index is 4450. The van der Waals surface area contributed by atoms with Crippen molar-refractivity contribution >= 4 is 9.84 Å². The minimum absolute atomic E-state index is 0.282. The van der Waals surface area contributed by atoms with Crippen LogP contribution in [-0.2, 0) is 40.8 Å². The second-order valence-electron chi connectivity index (χ2n) is 46.3. The van der Waals surface area contributed by atoms with Crippen molar-refractivity contribution in [3.05, 3.63) is 116 Å². The predicted molar refractivity (Wildman–Crippen MR) is 474 cm³/mol. The monoisotopic (exact) mass is 1660 g/mol. The first-order valence-electron chi connectivity index (χ1n) is 48.8. The molecule has 16 saturated carbocycles. The van der Waals surface area contributed by atoms with Crippen LogP contribution in [0.3, 0.4) is 0 Å². The summed E-state index contributed by atoms with van der Waals surface area (Å²) >= 11 is 0. The number of ether oxygens (including phenoxy) is 1. The van der Waals surface area contributed by atoms with Gasteiger partial charge in [0.1, 0.15) is 11.0 Å². The van der Waals surface area contributed by atoms with Gasteiger partial charge in [-0.15, -0.1) is 0 Å². The summed E-state index contributed by atoms with van der Waals surface area (Å²) in [5.74, 6) is 19.1. The highest BCUT2D eigenvalue weighted by atomic mass is 32.2. The molecule has 16 nitrogen and oxygen atoms in total. The van der Waals surface area contributed by atoms with E-state index in [1.807, 2.05) is 51.7 Å². The zero-order valence-electron chi connectivity index (χ0n) is 75.4. The normalized spacial score (nSPS) is 45.5. The van der Waals surface area contributed by atoms with Crippen molar-refractivity contribution in [2.24, 2.45) is 164 Å². The first kappa shape index (κ1) is 87.1. The second kappa shape index (κ2) is 33.7. The molecule has 16 aliphatic carbocycles. The summed E-state index contributed by atoms with van der Waals surface area (Å²) in [4.78, 5) is 0.282. The maximum absolute atomic E-state index is 11.8. The van der Waals surface area contributed by atoms with Crippen molar-refractivity contribution in [2.45, 2.75) is 333 Å². The van der Waals surface area contributed by atoms with E-state index in [1.54, 1.807) is 24.2 Å². The Balaban J connectivity index is 0.000000114. The largest absolute Gasteiger partial charge is 0.390 e. The molecule has 17 heteroatoms. The molecule has 16 fully saturated rings. The molecule has 660 valence electrons. The minimum atomic E-state index is -3.23. The van der Waals surface area contributed by atoms with Gasteiger partial charge in [0.15, 0.2) is 9.84 Å². The summed E-state index contributed by atoms with van der Waals surface area (Å²) in [7, 11) is -1.51. The predicted octanol–water partition coefficient (Wildman–Crippen LogP) is 20.7. The summed E-state index contributed by atoms with van der Waals surface area (Å²) < 4.78 is 36.7. The number of fused-ring (bicyclic) bond motifs is 20. The van der Waals surface area contributed by atoms with Crippen LogP contribution in [0.2, 0.25) is 0 Å². The van der Waals surface area contributed by atoms with E-state index in [1.165, 1.54) is 215 Å². The Morgan fingerprint density at radius 1 is 0.408 bits per heavy atom. The molecule has 0 spiro atoms. The van der Waals surface area contributed by atoms with Gasteiger partial charge in [0.25, 0.3) is 0 Å². The van der Waals surface area contributed by atoms with Crippen molar-refractivity contribution in [1.29, 1.82) is 5.26 Å². The number of hydrogen-bond donors (Lipinski definition) is 4. The number of allylic oxidation sites excluding steroid dienone is 4. The molecule has 0 saturated heterocycles. The van der Waals surface area contributed by atoms with Crippen LogP contribution in [0.25, 0.3) is 0 Å². The van der Waals surface area contributed by atoms with Gasteiger partial charge in [0, 0.05) is 50.5 Å². The van der Waals surface area contributed by atoms with Crippen LogP contribution in [0.5, 0.6) is 0 Å². The Hall–Kier alpha value is -4.96. The summed E-state index contributed by atoms with van der Waals surface area (Å²) in [5, 5.41) is 69.3. The molecular formula is C103H155N9O7S. The molecule has 120 heavy (non-hydrogen) atoms. The molecular weight excluding hydrogens is 1510 g/mol. The van der Waals surface area contributed by atoms with Crippen molar-refractivity contribution in [1.82, 2.24) is 39.1 Å². The van der Waals surface area contributed by atoms with E-state index in [9.17, 15) is 28.8 Å². The van der Waals surface area contributed by atoms with Crippen molar-refractivity contribution < 1.29 is 33.6 Å². The quantitative estimate of drug-likeness (QED) is 0.0817. The SMILES string of the molecule is C=C(Cn1cc(C#N)cn1)[C@H]1CC[C@H]2[C@@H]3CC[C@H]4C[C@](C)(O)CC[C@@H]4[C@H]3CC[C@]12C.C=C(Cn1cc(S(C)(=O)=O)cn1)[C@H]1CC[C@H]2[C@@H]3CC[C@H]4C[C@](C)(O)CC[C@@H]4[C@H]3CC[C@]12C.C=C(Cn1cccn1)[C@H]1CC[C@H]2[C@@H]3CC[C@H]4C[C@@](O)(COC)CC[C@@H]4[C@H]3CC[C@]12C.C=C(Cn1cccn1)[C@H]1CC[C@H]2[C@@H]3CC[C@H]4C[C@](C)(O)CC[C@@H]4[C@H]3CC[C@]12C. The number of rotatable bonds is 15. The molecule has 0 radical (unpaired) electrons. The van der Waals surface area contributed by atoms with Crippen molar-refractivity contribution in [2.75, 3.05) is 20.0 Å². The number of aromatic nitrogens is 8. The Labute approximate surface area is 722 Å². The molecule has 4 heterocycles. The highest BCUT2D eigenvalue weighted by molar-refractivity contribution is 7.90. The third-order valence-corrected chi connectivity index (χ3v) is 40.6. The fraction of sp³-hybridized carbons (Fsp3) is 0.796. The molecule has 0 unspecified atom stereocenters. The number of nitriles is 1. The maximum atomic E-state index is 11.8. The first-order valence-corrected chi connectivity index (χ1v) is 50.7. The molecule has 16 aliphatic rings. The number of hydrogen-bond acceptors (Lipinski definition) is 12. The van der Waals surface area contributed by atoms with Gasteiger partial charge in [-0.05, 0) is 428 Å². The van der Waals surface area contributed by atoms with E-state index in [-0.39, 0.29) is 4.90 Å². The highest BCUT2D eigenvalue weighted by Crippen LogP contribution is 2.71. The van der Waals surface area contributed by atoms with Gasteiger partial charge in [-0.1, -0.05) is 76.3 Å². The van der Waals surface area contributed by atoms with Crippen LogP contribution >= 0.6 is 0 Å². The zero-order chi connectivity index (χ0) is 84.4. The van der Waals surface area contributed by atoms with E-state index >= 15 is 0 Å². The lowest BCUT2D eigenvalue weighted by Gasteiger charge is -2.57. The van der Waals surface area contributed by atoms with Crippen LogP contribution in [0.15, 0.2) is 115 Å². The fourth-order valence-electron chi connectivity index (χ4n) is 34.5. The molecule has 20 rings (SSSR count). The van der Waals surface area contributed by atoms with E-state index in [0.29, 0.717) is 70.0 Å². The van der Waals surface area contributed by atoms with E-state index in [2.05, 4.69) is 107 Å². The summed E-state index contributed by atoms with van der Waals surface area (Å²) in [6.45, 7) is 38.1. The van der Waals surface area contributed by atoms with Crippen LogP contribution in [0, 0.1) is 175 Å². The minimum Gasteiger partial charge on any atom is -0.390 e. The molecule has 4 aromatic rings. The lowest BCUT2D eigenvalue weighted by atomic mass is 9.48. The molecule has 0 bridgehead atoms. The average Bonchev–Trinajstić information content (AvgIpc) is 1.53. The third kappa shape index (κ3) is 16.8. The molecule has 4 aromatic heterocycles. The Kier molecular flexibility index (Phi) is 24.4. The molecule has 0 aromatic carbocycles. The van der Waals surface area contributed by atoms with Crippen LogP contribution < -0.4 is 0 Å². The molecule has 4 N–H and O–H groups in total. The smallest absolute Gasteiger partial charge is 0.178 e. The number of aliphatic hydroxyl groups is 4. The lowest BCUT2D eigenvalue weighted by Crippen LogP contribution is -2.52. The first-order chi connectivity index (χ1) is 57.1. The molecule has 0 amide bonds. The van der Waals surface area contributed by atoms with Gasteiger partial charge in [0.2, 0.25) is 0 Å². The van der Waals surface area contributed by atoms with Crippen LogP contribution in [0.4, 0.5) is 0 Å².